The van der Waals surface area contributed by atoms with Crippen LogP contribution in [0.3, 0.4) is 0 Å². The van der Waals surface area contributed by atoms with Gasteiger partial charge in [-0.1, -0.05) is 30.3 Å². The summed E-state index contributed by atoms with van der Waals surface area (Å²) in [6.45, 7) is 2.52. The molecule has 2 atom stereocenters. The molecule has 1 aromatic carbocycles. The predicted octanol–water partition coefficient (Wildman–Crippen LogP) is 2.14. The number of carbonyl (C=O) groups is 2. The minimum Gasteiger partial charge on any atom is -0.346 e. The fraction of sp³-hybridized carbons (Fsp3) is 0.450. The molecular weight excluding hydrogens is 328 g/mol. The minimum atomic E-state index is -0.412. The van der Waals surface area contributed by atoms with Crippen LogP contribution in [0.2, 0.25) is 0 Å². The Morgan fingerprint density at radius 1 is 1.31 bits per heavy atom. The first-order valence-corrected chi connectivity index (χ1v) is 9.20. The van der Waals surface area contributed by atoms with Crippen molar-refractivity contribution in [2.45, 2.75) is 37.8 Å². The lowest BCUT2D eigenvalue weighted by atomic mass is 9.96. The number of aromatic nitrogens is 2. The molecular formula is C20H24N4O2. The molecule has 136 valence electrons. The SMILES string of the molecule is CCN1C(=O)C[C@H](C(=O)NC2(c3ccccc3)CC2)[C@H]1c1nccn1C. The van der Waals surface area contributed by atoms with E-state index >= 15 is 0 Å². The van der Waals surface area contributed by atoms with Crippen LogP contribution in [-0.2, 0) is 22.2 Å². The van der Waals surface area contributed by atoms with Gasteiger partial charge < -0.3 is 14.8 Å². The maximum absolute atomic E-state index is 13.2. The Labute approximate surface area is 153 Å². The van der Waals surface area contributed by atoms with E-state index in [2.05, 4.69) is 22.4 Å². The first-order chi connectivity index (χ1) is 12.6. The maximum atomic E-state index is 13.2. The number of nitrogens with zero attached hydrogens (tertiary/aromatic N) is 3. The first kappa shape index (κ1) is 16.8. The molecule has 1 aliphatic heterocycles. The molecule has 26 heavy (non-hydrogen) atoms. The monoisotopic (exact) mass is 352 g/mol. The normalized spacial score (nSPS) is 23.9. The number of likely N-dealkylation sites (tertiary alicyclic amines) is 1. The van der Waals surface area contributed by atoms with Crippen LogP contribution in [-0.4, -0.2) is 32.8 Å². The van der Waals surface area contributed by atoms with Crippen molar-refractivity contribution < 1.29 is 9.59 Å². The molecule has 2 aromatic rings. The van der Waals surface area contributed by atoms with E-state index in [1.54, 1.807) is 11.1 Å². The van der Waals surface area contributed by atoms with E-state index in [9.17, 15) is 9.59 Å². The standard InChI is InChI=1S/C20H24N4O2/c1-3-24-16(25)13-15(17(24)18-21-11-12-23(18)2)19(26)22-20(9-10-20)14-7-5-4-6-8-14/h4-8,11-12,15,17H,3,9-10,13H2,1-2H3,(H,22,26)/t15-,17-/m0/s1. The number of carbonyl (C=O) groups excluding carboxylic acids is 2. The molecule has 1 aliphatic carbocycles. The van der Waals surface area contributed by atoms with Crippen LogP contribution in [0.15, 0.2) is 42.7 Å². The zero-order valence-electron chi connectivity index (χ0n) is 15.2. The lowest BCUT2D eigenvalue weighted by molar-refractivity contribution is -0.129. The summed E-state index contributed by atoms with van der Waals surface area (Å²) in [6, 6.07) is 9.78. The number of nitrogens with one attached hydrogen (secondary N) is 1. The second-order valence-corrected chi connectivity index (χ2v) is 7.27. The molecule has 0 radical (unpaired) electrons. The molecule has 2 amide bonds. The van der Waals surface area contributed by atoms with Crippen molar-refractivity contribution in [1.82, 2.24) is 19.8 Å². The predicted molar refractivity (Wildman–Crippen MR) is 96.9 cm³/mol. The summed E-state index contributed by atoms with van der Waals surface area (Å²) >= 11 is 0. The van der Waals surface area contributed by atoms with Crippen LogP contribution in [0.25, 0.3) is 0 Å². The molecule has 2 aliphatic rings. The van der Waals surface area contributed by atoms with Gasteiger partial charge in [-0.2, -0.15) is 0 Å². The molecule has 1 aromatic heterocycles. The van der Waals surface area contributed by atoms with Gasteiger partial charge in [0, 0.05) is 32.4 Å². The van der Waals surface area contributed by atoms with E-state index in [1.165, 1.54) is 0 Å². The first-order valence-electron chi connectivity index (χ1n) is 9.20. The van der Waals surface area contributed by atoms with Crippen molar-refractivity contribution in [3.63, 3.8) is 0 Å². The average Bonchev–Trinajstić information content (AvgIpc) is 3.18. The van der Waals surface area contributed by atoms with Gasteiger partial charge in [-0.25, -0.2) is 4.98 Å². The fourth-order valence-electron chi connectivity index (χ4n) is 4.08. The van der Waals surface area contributed by atoms with E-state index in [1.807, 2.05) is 42.9 Å². The van der Waals surface area contributed by atoms with Gasteiger partial charge in [0.25, 0.3) is 0 Å². The van der Waals surface area contributed by atoms with E-state index in [4.69, 9.17) is 0 Å². The molecule has 4 rings (SSSR count). The quantitative estimate of drug-likeness (QED) is 0.896. The third-order valence-electron chi connectivity index (χ3n) is 5.67. The van der Waals surface area contributed by atoms with Crippen molar-refractivity contribution in [2.24, 2.45) is 13.0 Å². The summed E-state index contributed by atoms with van der Waals surface area (Å²) in [6.07, 6.45) is 5.69. The molecule has 1 saturated heterocycles. The lowest BCUT2D eigenvalue weighted by Gasteiger charge is -2.28. The van der Waals surface area contributed by atoms with Crippen LogP contribution < -0.4 is 5.32 Å². The number of benzene rings is 1. The highest BCUT2D eigenvalue weighted by molar-refractivity contribution is 5.90. The van der Waals surface area contributed by atoms with E-state index in [-0.39, 0.29) is 29.8 Å². The van der Waals surface area contributed by atoms with Gasteiger partial charge in [0.2, 0.25) is 11.8 Å². The molecule has 2 fully saturated rings. The van der Waals surface area contributed by atoms with Gasteiger partial charge in [0.15, 0.2) is 0 Å². The molecule has 6 heteroatoms. The second kappa shape index (κ2) is 6.27. The molecule has 6 nitrogen and oxygen atoms in total. The van der Waals surface area contributed by atoms with Crippen molar-refractivity contribution >= 4 is 11.8 Å². The summed E-state index contributed by atoms with van der Waals surface area (Å²) in [5, 5.41) is 3.25. The highest BCUT2D eigenvalue weighted by Crippen LogP contribution is 2.46. The van der Waals surface area contributed by atoms with Gasteiger partial charge in [-0.3, -0.25) is 9.59 Å². The Hall–Kier alpha value is -2.63. The van der Waals surface area contributed by atoms with Crippen LogP contribution >= 0.6 is 0 Å². The maximum Gasteiger partial charge on any atom is 0.226 e. The zero-order valence-corrected chi connectivity index (χ0v) is 15.2. The smallest absolute Gasteiger partial charge is 0.226 e. The van der Waals surface area contributed by atoms with Gasteiger partial charge in [-0.15, -0.1) is 0 Å². The topological polar surface area (TPSA) is 67.2 Å². The van der Waals surface area contributed by atoms with Gasteiger partial charge >= 0.3 is 0 Å². The van der Waals surface area contributed by atoms with Crippen LogP contribution in [0.4, 0.5) is 0 Å². The van der Waals surface area contributed by atoms with Gasteiger partial charge in [0.1, 0.15) is 11.9 Å². The van der Waals surface area contributed by atoms with Crippen molar-refractivity contribution in [1.29, 1.82) is 0 Å². The molecule has 0 bridgehead atoms. The summed E-state index contributed by atoms with van der Waals surface area (Å²) in [5.41, 5.74) is 0.867. The van der Waals surface area contributed by atoms with Crippen LogP contribution in [0.5, 0.6) is 0 Å². The largest absolute Gasteiger partial charge is 0.346 e. The van der Waals surface area contributed by atoms with Crippen molar-refractivity contribution in [2.75, 3.05) is 6.54 Å². The molecule has 0 spiro atoms. The number of hydrogen-bond donors (Lipinski definition) is 1. The Kier molecular flexibility index (Phi) is 4.05. The number of aryl methyl sites for hydroxylation is 1. The summed E-state index contributed by atoms with van der Waals surface area (Å²) < 4.78 is 1.90. The Balaban J connectivity index is 1.60. The molecule has 2 heterocycles. The Morgan fingerprint density at radius 2 is 2.04 bits per heavy atom. The van der Waals surface area contributed by atoms with E-state index in [0.29, 0.717) is 6.54 Å². The summed E-state index contributed by atoms with van der Waals surface area (Å²) in [7, 11) is 1.90. The van der Waals surface area contributed by atoms with E-state index in [0.717, 1.165) is 24.2 Å². The van der Waals surface area contributed by atoms with Crippen LogP contribution in [0.1, 0.15) is 43.6 Å². The third-order valence-corrected chi connectivity index (χ3v) is 5.67. The number of rotatable bonds is 5. The third kappa shape index (κ3) is 2.69. The Morgan fingerprint density at radius 3 is 2.62 bits per heavy atom. The number of hydrogen-bond acceptors (Lipinski definition) is 3. The Bertz CT molecular complexity index is 825. The zero-order chi connectivity index (χ0) is 18.3. The highest BCUT2D eigenvalue weighted by atomic mass is 16.2. The highest BCUT2D eigenvalue weighted by Gasteiger charge is 2.51. The number of amides is 2. The average molecular weight is 352 g/mol. The van der Waals surface area contributed by atoms with Crippen molar-refractivity contribution in [3.05, 3.63) is 54.1 Å². The van der Waals surface area contributed by atoms with Gasteiger partial charge in [0.05, 0.1) is 11.5 Å². The molecule has 1 saturated carbocycles. The summed E-state index contributed by atoms with van der Waals surface area (Å²) in [5.74, 6) is 0.320. The lowest BCUT2D eigenvalue weighted by Crippen LogP contribution is -2.41. The second-order valence-electron chi connectivity index (χ2n) is 7.27. The van der Waals surface area contributed by atoms with Gasteiger partial charge in [-0.05, 0) is 25.3 Å². The minimum absolute atomic E-state index is 0.0187. The van der Waals surface area contributed by atoms with Crippen LogP contribution in [0, 0.1) is 5.92 Å². The fourth-order valence-corrected chi connectivity index (χ4v) is 4.08. The van der Waals surface area contributed by atoms with Crippen molar-refractivity contribution in [3.8, 4) is 0 Å². The number of imidazole rings is 1. The summed E-state index contributed by atoms with van der Waals surface area (Å²) in [4.78, 5) is 31.9. The molecule has 1 N–H and O–H groups in total. The van der Waals surface area contributed by atoms with E-state index < -0.39 is 5.92 Å². The molecule has 0 unspecified atom stereocenters.